The number of ketones is 1. The molecule has 2 nitrogen and oxygen atoms in total. The molecule has 2 aliphatic heterocycles. The van der Waals surface area contributed by atoms with Gasteiger partial charge >= 0.3 is 0 Å². The van der Waals surface area contributed by atoms with Gasteiger partial charge in [-0.1, -0.05) is 0 Å². The molecule has 0 N–H and O–H groups in total. The largest absolute Gasteiger partial charge is 0.370 e. The first-order valence-corrected chi connectivity index (χ1v) is 3.00. The van der Waals surface area contributed by atoms with Crippen molar-refractivity contribution < 1.29 is 9.53 Å². The summed E-state index contributed by atoms with van der Waals surface area (Å²) >= 11 is 0. The van der Waals surface area contributed by atoms with Gasteiger partial charge in [0.15, 0.2) is 5.78 Å². The van der Waals surface area contributed by atoms with Crippen LogP contribution in [0.4, 0.5) is 0 Å². The van der Waals surface area contributed by atoms with E-state index in [2.05, 4.69) is 0 Å². The number of fused-ring (bicyclic) bond motifs is 2. The third-order valence-corrected chi connectivity index (χ3v) is 2.01. The molecule has 3 aliphatic rings. The number of carbonyl (C=O) groups excluding carboxylic acids is 1. The highest BCUT2D eigenvalue weighted by Crippen LogP contribution is 2.34. The monoisotopic (exact) mass is 112 g/mol. The molecule has 1 saturated carbocycles. The van der Waals surface area contributed by atoms with E-state index in [4.69, 9.17) is 4.74 Å². The third-order valence-electron chi connectivity index (χ3n) is 2.01. The van der Waals surface area contributed by atoms with Crippen molar-refractivity contribution in [2.24, 2.45) is 5.92 Å². The Kier molecular flexibility index (Phi) is 0.742. The molecule has 2 heterocycles. The fourth-order valence-electron chi connectivity index (χ4n) is 1.28. The summed E-state index contributed by atoms with van der Waals surface area (Å²) in [4.78, 5) is 10.7. The van der Waals surface area contributed by atoms with Gasteiger partial charge < -0.3 is 4.74 Å². The summed E-state index contributed by atoms with van der Waals surface area (Å²) in [6.45, 7) is 0.384. The van der Waals surface area contributed by atoms with E-state index in [-0.39, 0.29) is 0 Å². The predicted octanol–water partition coefficient (Wildman–Crippen LogP) is 0.364. The van der Waals surface area contributed by atoms with E-state index in [1.807, 2.05) is 0 Å². The minimum Gasteiger partial charge on any atom is -0.370 e. The van der Waals surface area contributed by atoms with E-state index < -0.39 is 0 Å². The Morgan fingerprint density at radius 3 is 2.50 bits per heavy atom. The Bertz CT molecular complexity index is 122. The van der Waals surface area contributed by atoms with Crippen molar-refractivity contribution in [2.75, 3.05) is 6.61 Å². The van der Waals surface area contributed by atoms with Gasteiger partial charge in [-0.25, -0.2) is 0 Å². The van der Waals surface area contributed by atoms with E-state index in [0.717, 1.165) is 12.8 Å². The Hall–Kier alpha value is -0.370. The summed E-state index contributed by atoms with van der Waals surface area (Å²) in [5.41, 5.74) is 0. The van der Waals surface area contributed by atoms with Gasteiger partial charge in [-0.3, -0.25) is 4.79 Å². The molecule has 1 aliphatic carbocycles. The second kappa shape index (κ2) is 1.32. The van der Waals surface area contributed by atoms with Crippen LogP contribution in [-0.4, -0.2) is 18.5 Å². The van der Waals surface area contributed by atoms with Crippen LogP contribution in [0.3, 0.4) is 0 Å². The standard InChI is InChI=1S/C6H8O2/c7-6-3-8-5-1-4(6)2-5/h4-5H,1-3H2. The lowest BCUT2D eigenvalue weighted by Crippen LogP contribution is -2.44. The topological polar surface area (TPSA) is 26.3 Å². The molecule has 0 aromatic heterocycles. The third kappa shape index (κ3) is 0.436. The zero-order valence-electron chi connectivity index (χ0n) is 4.59. The molecule has 2 bridgehead atoms. The quantitative estimate of drug-likeness (QED) is 0.452. The van der Waals surface area contributed by atoms with E-state index >= 15 is 0 Å². The Labute approximate surface area is 47.8 Å². The molecule has 2 heteroatoms. The van der Waals surface area contributed by atoms with E-state index in [1.54, 1.807) is 0 Å². The SMILES string of the molecule is O=C1COC2CC1C2. The number of hydrogen-bond acceptors (Lipinski definition) is 2. The Balaban J connectivity index is 2.10. The summed E-state index contributed by atoms with van der Waals surface area (Å²) < 4.78 is 5.11. The lowest BCUT2D eigenvalue weighted by molar-refractivity contribution is -0.154. The number of ether oxygens (including phenoxy) is 1. The maximum absolute atomic E-state index is 10.7. The van der Waals surface area contributed by atoms with Crippen LogP contribution in [0.15, 0.2) is 0 Å². The van der Waals surface area contributed by atoms with Gasteiger partial charge in [0, 0.05) is 5.92 Å². The fraction of sp³-hybridized carbons (Fsp3) is 0.833. The summed E-state index contributed by atoms with van der Waals surface area (Å²) in [6, 6.07) is 0. The highest BCUT2D eigenvalue weighted by molar-refractivity contribution is 5.84. The van der Waals surface area contributed by atoms with E-state index in [1.165, 1.54) is 0 Å². The van der Waals surface area contributed by atoms with Crippen molar-refractivity contribution in [1.29, 1.82) is 0 Å². The van der Waals surface area contributed by atoms with Crippen molar-refractivity contribution in [2.45, 2.75) is 18.9 Å². The minimum absolute atomic E-state index is 0.313. The summed E-state index contributed by atoms with van der Waals surface area (Å²) in [5, 5.41) is 0. The highest BCUT2D eigenvalue weighted by atomic mass is 16.5. The van der Waals surface area contributed by atoms with Crippen LogP contribution in [0.5, 0.6) is 0 Å². The van der Waals surface area contributed by atoms with Gasteiger partial charge in [-0.05, 0) is 12.8 Å². The predicted molar refractivity (Wildman–Crippen MR) is 27.5 cm³/mol. The number of Topliss-reactive ketones (excluding diaryl/α,β-unsaturated/α-hetero) is 1. The molecular weight excluding hydrogens is 104 g/mol. The van der Waals surface area contributed by atoms with Gasteiger partial charge in [0.1, 0.15) is 6.61 Å². The molecule has 3 rings (SSSR count). The maximum Gasteiger partial charge on any atom is 0.161 e. The number of carbonyl (C=O) groups is 1. The molecule has 0 aromatic rings. The van der Waals surface area contributed by atoms with Crippen LogP contribution in [0, 0.1) is 5.92 Å². The maximum atomic E-state index is 10.7. The summed E-state index contributed by atoms with van der Waals surface area (Å²) in [5.74, 6) is 0.696. The smallest absolute Gasteiger partial charge is 0.161 e. The zero-order valence-corrected chi connectivity index (χ0v) is 4.59. The first kappa shape index (κ1) is 4.50. The molecule has 0 amide bonds. The summed E-state index contributed by atoms with van der Waals surface area (Å²) in [6.07, 6.45) is 2.44. The molecule has 0 unspecified atom stereocenters. The molecule has 0 radical (unpaired) electrons. The van der Waals surface area contributed by atoms with Gasteiger partial charge in [0.2, 0.25) is 0 Å². The normalized spacial score (nSPS) is 43.8. The second-order valence-corrected chi connectivity index (χ2v) is 2.57. The zero-order chi connectivity index (χ0) is 5.56. The molecule has 2 saturated heterocycles. The van der Waals surface area contributed by atoms with E-state index in [9.17, 15) is 4.79 Å². The molecule has 0 atom stereocenters. The average Bonchev–Trinajstić information content (AvgIpc) is 1.62. The van der Waals surface area contributed by atoms with Gasteiger partial charge in [0.05, 0.1) is 6.10 Å². The van der Waals surface area contributed by atoms with E-state index in [0.29, 0.717) is 24.4 Å². The summed E-state index contributed by atoms with van der Waals surface area (Å²) in [7, 11) is 0. The van der Waals surface area contributed by atoms with Crippen LogP contribution in [-0.2, 0) is 9.53 Å². The number of rotatable bonds is 0. The van der Waals surface area contributed by atoms with Gasteiger partial charge in [0.25, 0.3) is 0 Å². The first-order chi connectivity index (χ1) is 3.86. The molecule has 8 heavy (non-hydrogen) atoms. The lowest BCUT2D eigenvalue weighted by Gasteiger charge is -2.39. The van der Waals surface area contributed by atoms with Crippen molar-refractivity contribution in [3.8, 4) is 0 Å². The van der Waals surface area contributed by atoms with Crippen LogP contribution >= 0.6 is 0 Å². The molecule has 3 fully saturated rings. The molecule has 0 spiro atoms. The van der Waals surface area contributed by atoms with Gasteiger partial charge in [-0.2, -0.15) is 0 Å². The van der Waals surface area contributed by atoms with Crippen LogP contribution in [0.2, 0.25) is 0 Å². The van der Waals surface area contributed by atoms with Crippen molar-refractivity contribution in [3.63, 3.8) is 0 Å². The van der Waals surface area contributed by atoms with Crippen molar-refractivity contribution in [1.82, 2.24) is 0 Å². The van der Waals surface area contributed by atoms with Crippen LogP contribution < -0.4 is 0 Å². The van der Waals surface area contributed by atoms with Crippen molar-refractivity contribution in [3.05, 3.63) is 0 Å². The Morgan fingerprint density at radius 1 is 1.50 bits per heavy atom. The second-order valence-electron chi connectivity index (χ2n) is 2.57. The number of hydrogen-bond donors (Lipinski definition) is 0. The molecule has 44 valence electrons. The van der Waals surface area contributed by atoms with Gasteiger partial charge in [-0.15, -0.1) is 0 Å². The average molecular weight is 112 g/mol. The van der Waals surface area contributed by atoms with Crippen molar-refractivity contribution >= 4 is 5.78 Å². The molecular formula is C6H8O2. The first-order valence-electron chi connectivity index (χ1n) is 3.00. The minimum atomic E-state index is 0.313. The van der Waals surface area contributed by atoms with Crippen LogP contribution in [0.25, 0.3) is 0 Å². The molecule has 0 aromatic carbocycles. The lowest BCUT2D eigenvalue weighted by atomic mass is 9.77. The van der Waals surface area contributed by atoms with Crippen LogP contribution in [0.1, 0.15) is 12.8 Å². The highest BCUT2D eigenvalue weighted by Gasteiger charge is 2.39. The Morgan fingerprint density at radius 2 is 2.25 bits per heavy atom. The fourth-order valence-corrected chi connectivity index (χ4v) is 1.28.